The summed E-state index contributed by atoms with van der Waals surface area (Å²) in [5.74, 6) is 0.884. The number of nitro benzene ring substituents is 1. The number of carbonyl (C=O) groups is 1. The zero-order chi connectivity index (χ0) is 22.5. The van der Waals surface area contributed by atoms with Gasteiger partial charge in [-0.25, -0.2) is 0 Å². The van der Waals surface area contributed by atoms with Gasteiger partial charge in [-0.15, -0.1) is 10.2 Å². The maximum absolute atomic E-state index is 12.8. The van der Waals surface area contributed by atoms with Crippen LogP contribution in [0.25, 0.3) is 6.08 Å². The van der Waals surface area contributed by atoms with E-state index in [-0.39, 0.29) is 11.1 Å². The average molecular weight is 424 g/mol. The smallest absolute Gasteiger partial charge is 0.315 e. The van der Waals surface area contributed by atoms with Crippen LogP contribution in [0.4, 0.5) is 5.69 Å². The number of benzene rings is 1. The molecule has 1 aromatic carbocycles. The van der Waals surface area contributed by atoms with Crippen LogP contribution in [0.2, 0.25) is 0 Å². The van der Waals surface area contributed by atoms with Crippen molar-refractivity contribution in [3.8, 4) is 17.6 Å². The Balaban J connectivity index is 1.65. The minimum Gasteiger partial charge on any atom is -0.504 e. The second-order valence-electron chi connectivity index (χ2n) is 7.07. The maximum atomic E-state index is 12.8. The van der Waals surface area contributed by atoms with Crippen molar-refractivity contribution in [2.75, 3.05) is 32.7 Å². The molecular formula is C20H20N6O5. The van der Waals surface area contributed by atoms with Crippen LogP contribution in [-0.2, 0) is 4.79 Å². The quantitative estimate of drug-likeness (QED) is 0.209. The molecule has 11 heteroatoms. The predicted molar refractivity (Wildman–Crippen MR) is 112 cm³/mol. The lowest BCUT2D eigenvalue weighted by molar-refractivity contribution is -0.386. The Bertz CT molecular complexity index is 1070. The second kappa shape index (κ2) is 9.21. The van der Waals surface area contributed by atoms with Gasteiger partial charge < -0.3 is 20.0 Å². The van der Waals surface area contributed by atoms with Crippen molar-refractivity contribution >= 4 is 29.3 Å². The summed E-state index contributed by atoms with van der Waals surface area (Å²) in [4.78, 5) is 26.6. The van der Waals surface area contributed by atoms with E-state index in [1.54, 1.807) is 13.0 Å². The molecule has 0 saturated carbocycles. The van der Waals surface area contributed by atoms with Gasteiger partial charge in [-0.05, 0) is 24.6 Å². The molecule has 11 nitrogen and oxygen atoms in total. The monoisotopic (exact) mass is 424 g/mol. The van der Waals surface area contributed by atoms with Crippen LogP contribution in [-0.4, -0.2) is 75.1 Å². The number of carbonyl (C=O) groups excluding carboxylic acids is 1. The Kier molecular flexibility index (Phi) is 6.45. The summed E-state index contributed by atoms with van der Waals surface area (Å²) < 4.78 is 0. The van der Waals surface area contributed by atoms with E-state index in [9.17, 15) is 30.4 Å². The molecule has 1 saturated heterocycles. The van der Waals surface area contributed by atoms with E-state index in [4.69, 9.17) is 0 Å². The molecule has 2 N–H and O–H groups in total. The lowest BCUT2D eigenvalue weighted by Crippen LogP contribution is -2.52. The Morgan fingerprint density at radius 2 is 2.23 bits per heavy atom. The molecule has 1 fully saturated rings. The Morgan fingerprint density at radius 3 is 2.81 bits per heavy atom. The fraction of sp³-hybridized carbons (Fsp3) is 0.350. The van der Waals surface area contributed by atoms with Gasteiger partial charge in [0, 0.05) is 56.7 Å². The van der Waals surface area contributed by atoms with Crippen LogP contribution in [0, 0.1) is 27.4 Å². The SMILES string of the molecule is CCN(CCN1CC(C2=NN=C=C2)C1)C(=O)/C(C#N)=C/c1cc(O)c(O)c([N+](=O)[O-])c1. The van der Waals surface area contributed by atoms with E-state index >= 15 is 0 Å². The molecule has 0 unspecified atom stereocenters. The molecule has 0 spiro atoms. The highest BCUT2D eigenvalue weighted by molar-refractivity contribution is 6.05. The minimum absolute atomic E-state index is 0.0566. The highest BCUT2D eigenvalue weighted by atomic mass is 16.6. The van der Waals surface area contributed by atoms with Crippen LogP contribution < -0.4 is 0 Å². The number of nitriles is 1. The first-order chi connectivity index (χ1) is 14.8. The largest absolute Gasteiger partial charge is 0.504 e. The van der Waals surface area contributed by atoms with Crippen LogP contribution >= 0.6 is 0 Å². The van der Waals surface area contributed by atoms with Gasteiger partial charge in [0.15, 0.2) is 5.75 Å². The molecule has 31 heavy (non-hydrogen) atoms. The van der Waals surface area contributed by atoms with Crippen molar-refractivity contribution in [3.05, 3.63) is 39.5 Å². The summed E-state index contributed by atoms with van der Waals surface area (Å²) >= 11 is 0. The summed E-state index contributed by atoms with van der Waals surface area (Å²) in [5, 5.41) is 47.4. The number of allylic oxidation sites excluding steroid dienone is 1. The molecule has 2 aliphatic rings. The van der Waals surface area contributed by atoms with E-state index in [2.05, 4.69) is 21.0 Å². The topological polar surface area (TPSA) is 156 Å². The summed E-state index contributed by atoms with van der Waals surface area (Å²) in [6.07, 6.45) is 2.92. The summed E-state index contributed by atoms with van der Waals surface area (Å²) in [5.41, 5.74) is 0.00914. The first-order valence-corrected chi connectivity index (χ1v) is 9.54. The molecule has 0 radical (unpaired) electrons. The Hall–Kier alpha value is -4.00. The van der Waals surface area contributed by atoms with Gasteiger partial charge >= 0.3 is 5.69 Å². The standard InChI is InChI=1S/C20H20N6O5/c1-2-25(6-5-24-11-15(12-24)16-3-4-22-23-16)20(29)14(10-21)7-13-8-17(26(30)31)19(28)18(27)9-13/h3,7-9,15,27-28H,2,5-6,11-12H2,1H3/b14-7+. The number of rotatable bonds is 8. The van der Waals surface area contributed by atoms with Gasteiger partial charge in [-0.3, -0.25) is 14.9 Å². The lowest BCUT2D eigenvalue weighted by atomic mass is 9.94. The number of nitro groups is 1. The molecule has 3 rings (SSSR count). The molecule has 0 atom stereocenters. The zero-order valence-corrected chi connectivity index (χ0v) is 16.7. The molecule has 160 valence electrons. The highest BCUT2D eigenvalue weighted by Crippen LogP contribution is 2.36. The third kappa shape index (κ3) is 4.78. The number of phenols is 2. The van der Waals surface area contributed by atoms with Crippen molar-refractivity contribution in [2.45, 2.75) is 6.92 Å². The minimum atomic E-state index is -0.874. The number of hydrogen-bond acceptors (Lipinski definition) is 9. The van der Waals surface area contributed by atoms with E-state index in [1.165, 1.54) is 4.90 Å². The van der Waals surface area contributed by atoms with E-state index < -0.39 is 28.0 Å². The van der Waals surface area contributed by atoms with Gasteiger partial charge in [-0.1, -0.05) is 0 Å². The number of aromatic hydroxyl groups is 2. The number of likely N-dealkylation sites (N-methyl/N-ethyl adjacent to an activating group) is 1. The predicted octanol–water partition coefficient (Wildman–Crippen LogP) is 1.29. The first-order valence-electron chi connectivity index (χ1n) is 9.54. The third-order valence-electron chi connectivity index (χ3n) is 5.12. The Morgan fingerprint density at radius 1 is 1.48 bits per heavy atom. The third-order valence-corrected chi connectivity index (χ3v) is 5.12. The molecule has 0 aromatic heterocycles. The van der Waals surface area contributed by atoms with E-state index in [0.29, 0.717) is 25.6 Å². The Labute approximate surface area is 177 Å². The van der Waals surface area contributed by atoms with Crippen LogP contribution in [0.1, 0.15) is 12.5 Å². The normalized spacial score (nSPS) is 16.0. The second-order valence-corrected chi connectivity index (χ2v) is 7.07. The number of phenolic OH excluding ortho intramolecular Hbond substituents is 2. The number of nitrogens with zero attached hydrogens (tertiary/aromatic N) is 6. The van der Waals surface area contributed by atoms with Gasteiger partial charge in [0.2, 0.25) is 5.75 Å². The number of hydrogen-bond donors (Lipinski definition) is 2. The summed E-state index contributed by atoms with van der Waals surface area (Å²) in [6.45, 7) is 4.79. The van der Waals surface area contributed by atoms with Crippen molar-refractivity contribution in [1.82, 2.24) is 9.80 Å². The van der Waals surface area contributed by atoms with Crippen molar-refractivity contribution < 1.29 is 19.9 Å². The van der Waals surface area contributed by atoms with Crippen LogP contribution in [0.15, 0.2) is 34.0 Å². The van der Waals surface area contributed by atoms with Gasteiger partial charge in [0.05, 0.1) is 10.6 Å². The maximum Gasteiger partial charge on any atom is 0.315 e. The molecule has 1 aromatic rings. The van der Waals surface area contributed by atoms with Crippen molar-refractivity contribution in [1.29, 1.82) is 5.26 Å². The fourth-order valence-corrected chi connectivity index (χ4v) is 3.34. The molecule has 2 heterocycles. The number of likely N-dealkylation sites (tertiary alicyclic amines) is 1. The molecular weight excluding hydrogens is 404 g/mol. The average Bonchev–Trinajstić information content (AvgIpc) is 3.23. The molecule has 1 amide bonds. The van der Waals surface area contributed by atoms with Gasteiger partial charge in [0.25, 0.3) is 5.91 Å². The van der Waals surface area contributed by atoms with Gasteiger partial charge in [-0.2, -0.15) is 5.26 Å². The van der Waals surface area contributed by atoms with Crippen LogP contribution in [0.5, 0.6) is 11.5 Å². The van der Waals surface area contributed by atoms with Crippen molar-refractivity contribution in [2.24, 2.45) is 16.1 Å². The van der Waals surface area contributed by atoms with E-state index in [1.807, 2.05) is 6.07 Å². The highest BCUT2D eigenvalue weighted by Gasteiger charge is 2.31. The summed E-state index contributed by atoms with van der Waals surface area (Å²) in [7, 11) is 0. The molecule has 0 aliphatic carbocycles. The molecule has 0 bridgehead atoms. The van der Waals surface area contributed by atoms with E-state index in [0.717, 1.165) is 37.0 Å². The lowest BCUT2D eigenvalue weighted by Gasteiger charge is -2.39. The number of amides is 1. The zero-order valence-electron chi connectivity index (χ0n) is 16.7. The fourth-order valence-electron chi connectivity index (χ4n) is 3.34. The van der Waals surface area contributed by atoms with Crippen molar-refractivity contribution in [3.63, 3.8) is 0 Å². The van der Waals surface area contributed by atoms with Gasteiger partial charge in [0.1, 0.15) is 11.6 Å². The summed E-state index contributed by atoms with van der Waals surface area (Å²) in [6, 6.07) is 3.85. The van der Waals surface area contributed by atoms with Crippen LogP contribution in [0.3, 0.4) is 0 Å². The molecule has 2 aliphatic heterocycles. The first kappa shape index (κ1) is 21.7.